The van der Waals surface area contributed by atoms with Gasteiger partial charge in [-0.1, -0.05) is 6.92 Å². The van der Waals surface area contributed by atoms with E-state index in [0.29, 0.717) is 17.7 Å². The van der Waals surface area contributed by atoms with Crippen molar-refractivity contribution in [3.05, 3.63) is 28.2 Å². The van der Waals surface area contributed by atoms with Crippen LogP contribution in [0.1, 0.15) is 18.9 Å². The number of rotatable bonds is 1. The Morgan fingerprint density at radius 3 is 3.06 bits per heavy atom. The molecule has 88 valence electrons. The maximum absolute atomic E-state index is 14.8. The number of ether oxygens (including phenoxy) is 1. The van der Waals surface area contributed by atoms with E-state index < -0.39 is 11.6 Å². The van der Waals surface area contributed by atoms with Crippen molar-refractivity contribution in [2.45, 2.75) is 19.0 Å². The van der Waals surface area contributed by atoms with E-state index in [2.05, 4.69) is 20.9 Å². The zero-order valence-electron chi connectivity index (χ0n) is 8.84. The predicted molar refractivity (Wildman–Crippen MR) is 59.3 cm³/mol. The number of aromatic nitrogens is 1. The van der Waals surface area contributed by atoms with E-state index in [1.807, 2.05) is 0 Å². The van der Waals surface area contributed by atoms with Crippen molar-refractivity contribution in [2.24, 2.45) is 5.92 Å². The van der Waals surface area contributed by atoms with Crippen molar-refractivity contribution in [2.75, 3.05) is 13.2 Å². The summed E-state index contributed by atoms with van der Waals surface area (Å²) in [6.07, 6.45) is 1.50. The molecule has 0 radical (unpaired) electrons. The Morgan fingerprint density at radius 2 is 2.38 bits per heavy atom. The molecule has 0 spiro atoms. The lowest BCUT2D eigenvalue weighted by atomic mass is 9.81. The first-order valence-electron chi connectivity index (χ1n) is 5.12. The van der Waals surface area contributed by atoms with Crippen LogP contribution in [0.15, 0.2) is 16.7 Å². The molecule has 0 aromatic carbocycles. The first kappa shape index (κ1) is 11.9. The maximum Gasteiger partial charge on any atom is 0.219 e. The van der Waals surface area contributed by atoms with Crippen LogP contribution in [0, 0.1) is 11.9 Å². The molecule has 5 heteroatoms. The fraction of sp³-hybridized carbons (Fsp3) is 0.545. The van der Waals surface area contributed by atoms with Crippen molar-refractivity contribution in [3.8, 4) is 0 Å². The summed E-state index contributed by atoms with van der Waals surface area (Å²) < 4.78 is 34.1. The molecule has 1 fully saturated rings. The monoisotopic (exact) mass is 291 g/mol. The molecular formula is C11H12BrF2NO. The van der Waals surface area contributed by atoms with E-state index in [0.717, 1.165) is 0 Å². The summed E-state index contributed by atoms with van der Waals surface area (Å²) in [4.78, 5) is 3.54. The predicted octanol–water partition coefficient (Wildman–Crippen LogP) is 3.20. The van der Waals surface area contributed by atoms with Crippen LogP contribution in [0.5, 0.6) is 0 Å². The van der Waals surface area contributed by atoms with Gasteiger partial charge in [0.1, 0.15) is 5.67 Å². The molecule has 0 bridgehead atoms. The third kappa shape index (κ3) is 1.98. The Bertz CT molecular complexity index is 402. The number of halogens is 3. The Hall–Kier alpha value is -0.550. The highest BCUT2D eigenvalue weighted by Gasteiger charge is 2.43. The molecule has 1 aromatic rings. The quantitative estimate of drug-likeness (QED) is 0.742. The molecule has 0 saturated carbocycles. The molecule has 2 atom stereocenters. The lowest BCUT2D eigenvalue weighted by Gasteiger charge is -2.35. The topological polar surface area (TPSA) is 22.1 Å². The van der Waals surface area contributed by atoms with Crippen molar-refractivity contribution in [3.63, 3.8) is 0 Å². The van der Waals surface area contributed by atoms with E-state index in [1.165, 1.54) is 12.3 Å². The van der Waals surface area contributed by atoms with Gasteiger partial charge in [0.25, 0.3) is 0 Å². The van der Waals surface area contributed by atoms with Gasteiger partial charge in [0.05, 0.1) is 6.61 Å². The van der Waals surface area contributed by atoms with Crippen LogP contribution in [0.25, 0.3) is 0 Å². The van der Waals surface area contributed by atoms with Crippen LogP contribution in [-0.2, 0) is 10.4 Å². The third-order valence-electron chi connectivity index (χ3n) is 3.01. The molecule has 1 saturated heterocycles. The minimum absolute atomic E-state index is 0.0256. The highest BCUT2D eigenvalue weighted by molar-refractivity contribution is 9.10. The average Bonchev–Trinajstić information content (AvgIpc) is 2.26. The van der Waals surface area contributed by atoms with E-state index in [4.69, 9.17) is 4.74 Å². The summed E-state index contributed by atoms with van der Waals surface area (Å²) in [5.41, 5.74) is -1.66. The van der Waals surface area contributed by atoms with E-state index in [-0.39, 0.29) is 17.9 Å². The van der Waals surface area contributed by atoms with Crippen LogP contribution in [0.4, 0.5) is 8.78 Å². The summed E-state index contributed by atoms with van der Waals surface area (Å²) in [5, 5.41) is 0. The SMILES string of the molecule is C[C@@H]1COCC[C@@]1(F)c1cc(Br)cnc1F. The number of hydrogen-bond acceptors (Lipinski definition) is 2. The summed E-state index contributed by atoms with van der Waals surface area (Å²) in [7, 11) is 0. The minimum atomic E-state index is -1.68. The first-order chi connectivity index (χ1) is 7.54. The van der Waals surface area contributed by atoms with Gasteiger partial charge in [-0.25, -0.2) is 9.37 Å². The Morgan fingerprint density at radius 1 is 1.62 bits per heavy atom. The van der Waals surface area contributed by atoms with Crippen LogP contribution >= 0.6 is 15.9 Å². The largest absolute Gasteiger partial charge is 0.381 e. The van der Waals surface area contributed by atoms with Crippen molar-refractivity contribution in [1.29, 1.82) is 0 Å². The molecule has 0 N–H and O–H groups in total. The lowest BCUT2D eigenvalue weighted by molar-refractivity contribution is -0.0606. The van der Waals surface area contributed by atoms with Gasteiger partial charge in [0.15, 0.2) is 0 Å². The normalized spacial score (nSPS) is 30.4. The molecule has 1 aromatic heterocycles. The van der Waals surface area contributed by atoms with Crippen molar-refractivity contribution < 1.29 is 13.5 Å². The lowest BCUT2D eigenvalue weighted by Crippen LogP contribution is -2.38. The zero-order valence-corrected chi connectivity index (χ0v) is 10.4. The Balaban J connectivity index is 2.44. The maximum atomic E-state index is 14.8. The summed E-state index contributed by atoms with van der Waals surface area (Å²) in [5.74, 6) is -1.11. The highest BCUT2D eigenvalue weighted by Crippen LogP contribution is 2.41. The number of pyridine rings is 1. The second-order valence-electron chi connectivity index (χ2n) is 4.08. The second-order valence-corrected chi connectivity index (χ2v) is 5.00. The molecule has 2 nitrogen and oxygen atoms in total. The van der Waals surface area contributed by atoms with Gasteiger partial charge >= 0.3 is 0 Å². The molecule has 1 aliphatic heterocycles. The standard InChI is InChI=1S/C11H12BrF2NO/c1-7-6-16-3-2-11(7,14)9-4-8(12)5-15-10(9)13/h4-5,7H,2-3,6H2,1H3/t7-,11+/m1/s1. The number of alkyl halides is 1. The summed E-state index contributed by atoms with van der Waals surface area (Å²) in [6, 6.07) is 1.46. The molecule has 2 heterocycles. The van der Waals surface area contributed by atoms with E-state index in [1.54, 1.807) is 6.92 Å². The van der Waals surface area contributed by atoms with E-state index in [9.17, 15) is 8.78 Å². The van der Waals surface area contributed by atoms with Gasteiger partial charge in [-0.15, -0.1) is 0 Å². The van der Waals surface area contributed by atoms with E-state index >= 15 is 0 Å². The second kappa shape index (κ2) is 4.37. The molecule has 0 amide bonds. The zero-order chi connectivity index (χ0) is 11.8. The molecule has 2 rings (SSSR count). The highest BCUT2D eigenvalue weighted by atomic mass is 79.9. The number of nitrogens with zero attached hydrogens (tertiary/aromatic N) is 1. The van der Waals surface area contributed by atoms with Gasteiger partial charge < -0.3 is 4.74 Å². The van der Waals surface area contributed by atoms with Crippen LogP contribution in [0.2, 0.25) is 0 Å². The fourth-order valence-corrected chi connectivity index (χ4v) is 2.30. The van der Waals surface area contributed by atoms with Crippen molar-refractivity contribution >= 4 is 15.9 Å². The van der Waals surface area contributed by atoms with Crippen LogP contribution in [0.3, 0.4) is 0 Å². The van der Waals surface area contributed by atoms with Gasteiger partial charge in [0, 0.05) is 35.2 Å². The molecular weight excluding hydrogens is 280 g/mol. The summed E-state index contributed by atoms with van der Waals surface area (Å²) in [6.45, 7) is 2.34. The molecule has 16 heavy (non-hydrogen) atoms. The van der Waals surface area contributed by atoms with Gasteiger partial charge in [-0.05, 0) is 22.0 Å². The molecule has 0 aliphatic carbocycles. The first-order valence-corrected chi connectivity index (χ1v) is 5.91. The smallest absolute Gasteiger partial charge is 0.219 e. The minimum Gasteiger partial charge on any atom is -0.381 e. The van der Waals surface area contributed by atoms with Gasteiger partial charge in [-0.2, -0.15) is 4.39 Å². The summed E-state index contributed by atoms with van der Waals surface area (Å²) >= 11 is 3.18. The fourth-order valence-electron chi connectivity index (χ4n) is 1.97. The third-order valence-corrected chi connectivity index (χ3v) is 3.45. The van der Waals surface area contributed by atoms with Crippen molar-refractivity contribution in [1.82, 2.24) is 4.98 Å². The average molecular weight is 292 g/mol. The van der Waals surface area contributed by atoms with Gasteiger partial charge in [0.2, 0.25) is 5.95 Å². The molecule has 0 unspecified atom stereocenters. The number of hydrogen-bond donors (Lipinski definition) is 0. The van der Waals surface area contributed by atoms with Gasteiger partial charge in [-0.3, -0.25) is 0 Å². The molecule has 1 aliphatic rings. The van der Waals surface area contributed by atoms with Crippen LogP contribution < -0.4 is 0 Å². The Kier molecular flexibility index (Phi) is 3.26. The Labute approximate surface area is 101 Å². The van der Waals surface area contributed by atoms with Crippen LogP contribution in [-0.4, -0.2) is 18.2 Å².